The number of carbonyl (C=O) groups excluding carboxylic acids is 2. The van der Waals surface area contributed by atoms with E-state index in [0.717, 1.165) is 45.3 Å². The molecule has 2 saturated carbocycles. The Bertz CT molecular complexity index is 454. The van der Waals surface area contributed by atoms with Gasteiger partial charge in [-0.15, -0.1) is 0 Å². The van der Waals surface area contributed by atoms with Gasteiger partial charge in [0.1, 0.15) is 0 Å². The van der Waals surface area contributed by atoms with Crippen molar-refractivity contribution in [3.05, 3.63) is 0 Å². The zero-order valence-electron chi connectivity index (χ0n) is 15.8. The molecule has 3 fully saturated rings. The Labute approximate surface area is 152 Å². The Morgan fingerprint density at radius 2 is 1.76 bits per heavy atom. The summed E-state index contributed by atoms with van der Waals surface area (Å²) in [6.07, 6.45) is 10.8. The van der Waals surface area contributed by atoms with Crippen LogP contribution in [-0.4, -0.2) is 48.4 Å². The molecule has 2 aliphatic carbocycles. The SMILES string of the molecule is C[C@H]1CNCCN1C(=O)C1CCC(NC(=O)CC2CCCCC2)CC1. The third-order valence-corrected chi connectivity index (χ3v) is 6.42. The molecule has 0 bridgehead atoms. The number of carbonyl (C=O) groups is 2. The maximum Gasteiger partial charge on any atom is 0.226 e. The van der Waals surface area contributed by atoms with Crippen molar-refractivity contribution in [2.24, 2.45) is 11.8 Å². The maximum atomic E-state index is 12.8. The minimum atomic E-state index is 0.159. The third kappa shape index (κ3) is 5.19. The van der Waals surface area contributed by atoms with Gasteiger partial charge in [0.05, 0.1) is 0 Å². The van der Waals surface area contributed by atoms with E-state index in [-0.39, 0.29) is 17.9 Å². The van der Waals surface area contributed by atoms with E-state index < -0.39 is 0 Å². The highest BCUT2D eigenvalue weighted by Crippen LogP contribution is 2.29. The minimum Gasteiger partial charge on any atom is -0.353 e. The first-order chi connectivity index (χ1) is 12.1. The van der Waals surface area contributed by atoms with Crippen LogP contribution in [0.15, 0.2) is 0 Å². The molecule has 0 aromatic rings. The van der Waals surface area contributed by atoms with Gasteiger partial charge < -0.3 is 15.5 Å². The molecule has 3 rings (SSSR count). The van der Waals surface area contributed by atoms with E-state index >= 15 is 0 Å². The molecular weight excluding hydrogens is 314 g/mol. The highest BCUT2D eigenvalue weighted by atomic mass is 16.2. The molecule has 142 valence electrons. The van der Waals surface area contributed by atoms with Crippen molar-refractivity contribution in [1.29, 1.82) is 0 Å². The predicted molar refractivity (Wildman–Crippen MR) is 99.1 cm³/mol. The van der Waals surface area contributed by atoms with E-state index in [9.17, 15) is 9.59 Å². The van der Waals surface area contributed by atoms with E-state index in [2.05, 4.69) is 22.5 Å². The first kappa shape index (κ1) is 18.7. The Balaban J connectivity index is 1.39. The number of rotatable bonds is 4. The fourth-order valence-corrected chi connectivity index (χ4v) is 4.83. The van der Waals surface area contributed by atoms with Crippen LogP contribution in [0.25, 0.3) is 0 Å². The molecule has 0 aromatic carbocycles. The van der Waals surface area contributed by atoms with E-state index in [1.54, 1.807) is 0 Å². The van der Waals surface area contributed by atoms with Gasteiger partial charge in [-0.3, -0.25) is 9.59 Å². The molecule has 2 amide bonds. The smallest absolute Gasteiger partial charge is 0.226 e. The van der Waals surface area contributed by atoms with Gasteiger partial charge in [-0.05, 0) is 51.4 Å². The van der Waals surface area contributed by atoms with Crippen molar-refractivity contribution in [2.75, 3.05) is 19.6 Å². The Kier molecular flexibility index (Phi) is 6.74. The van der Waals surface area contributed by atoms with Crippen LogP contribution in [0.3, 0.4) is 0 Å². The van der Waals surface area contributed by atoms with Gasteiger partial charge >= 0.3 is 0 Å². The van der Waals surface area contributed by atoms with E-state index in [0.29, 0.717) is 24.3 Å². The number of nitrogens with zero attached hydrogens (tertiary/aromatic N) is 1. The summed E-state index contributed by atoms with van der Waals surface area (Å²) in [5, 5.41) is 6.58. The summed E-state index contributed by atoms with van der Waals surface area (Å²) in [5.74, 6) is 1.33. The summed E-state index contributed by atoms with van der Waals surface area (Å²) >= 11 is 0. The summed E-state index contributed by atoms with van der Waals surface area (Å²) < 4.78 is 0. The number of hydrogen-bond acceptors (Lipinski definition) is 3. The van der Waals surface area contributed by atoms with E-state index in [1.165, 1.54) is 32.1 Å². The molecule has 0 radical (unpaired) electrons. The number of nitrogens with one attached hydrogen (secondary N) is 2. The second-order valence-electron chi connectivity index (χ2n) is 8.41. The first-order valence-corrected chi connectivity index (χ1v) is 10.4. The van der Waals surface area contributed by atoms with E-state index in [4.69, 9.17) is 0 Å². The summed E-state index contributed by atoms with van der Waals surface area (Å²) in [6.45, 7) is 4.76. The number of hydrogen-bond donors (Lipinski definition) is 2. The van der Waals surface area contributed by atoms with Gasteiger partial charge in [-0.2, -0.15) is 0 Å². The highest BCUT2D eigenvalue weighted by molar-refractivity contribution is 5.79. The highest BCUT2D eigenvalue weighted by Gasteiger charge is 2.32. The molecule has 1 heterocycles. The third-order valence-electron chi connectivity index (χ3n) is 6.42. The Hall–Kier alpha value is -1.10. The average molecular weight is 350 g/mol. The van der Waals surface area contributed by atoms with Crippen LogP contribution < -0.4 is 10.6 Å². The lowest BCUT2D eigenvalue weighted by Gasteiger charge is -2.38. The van der Waals surface area contributed by atoms with Crippen molar-refractivity contribution in [2.45, 2.75) is 83.2 Å². The summed E-state index contributed by atoms with van der Waals surface area (Å²) in [4.78, 5) is 27.1. The topological polar surface area (TPSA) is 61.4 Å². The standard InChI is InChI=1S/C20H35N3O2/c1-15-14-21-11-12-23(15)20(25)17-7-9-18(10-8-17)22-19(24)13-16-5-3-2-4-6-16/h15-18,21H,2-14H2,1H3,(H,22,24)/t15-,17?,18?/m0/s1. The van der Waals surface area contributed by atoms with Gasteiger partial charge in [0.2, 0.25) is 11.8 Å². The van der Waals surface area contributed by atoms with Crippen LogP contribution in [0.2, 0.25) is 0 Å². The summed E-state index contributed by atoms with van der Waals surface area (Å²) in [6, 6.07) is 0.578. The average Bonchev–Trinajstić information content (AvgIpc) is 2.63. The molecule has 3 aliphatic rings. The second kappa shape index (κ2) is 9.02. The van der Waals surface area contributed by atoms with Crippen molar-refractivity contribution in [3.63, 3.8) is 0 Å². The van der Waals surface area contributed by atoms with Gasteiger partial charge in [-0.25, -0.2) is 0 Å². The van der Waals surface area contributed by atoms with Crippen LogP contribution in [0.4, 0.5) is 0 Å². The second-order valence-corrected chi connectivity index (χ2v) is 8.41. The zero-order valence-corrected chi connectivity index (χ0v) is 15.8. The molecule has 0 unspecified atom stereocenters. The number of amides is 2. The van der Waals surface area contributed by atoms with Crippen molar-refractivity contribution < 1.29 is 9.59 Å². The van der Waals surface area contributed by atoms with Gasteiger partial charge in [0.15, 0.2) is 0 Å². The summed E-state index contributed by atoms with van der Waals surface area (Å²) in [5.41, 5.74) is 0. The van der Waals surface area contributed by atoms with Crippen LogP contribution in [0, 0.1) is 11.8 Å². The van der Waals surface area contributed by atoms with Crippen LogP contribution >= 0.6 is 0 Å². The van der Waals surface area contributed by atoms with Crippen molar-refractivity contribution in [1.82, 2.24) is 15.5 Å². The monoisotopic (exact) mass is 349 g/mol. The largest absolute Gasteiger partial charge is 0.353 e. The van der Waals surface area contributed by atoms with Gasteiger partial charge in [0.25, 0.3) is 0 Å². The molecule has 1 aliphatic heterocycles. The molecule has 5 heteroatoms. The lowest BCUT2D eigenvalue weighted by atomic mass is 9.84. The van der Waals surface area contributed by atoms with Gasteiger partial charge in [0, 0.05) is 44.1 Å². The fourth-order valence-electron chi connectivity index (χ4n) is 4.83. The molecule has 1 saturated heterocycles. The molecule has 5 nitrogen and oxygen atoms in total. The molecule has 25 heavy (non-hydrogen) atoms. The Morgan fingerprint density at radius 3 is 2.44 bits per heavy atom. The van der Waals surface area contributed by atoms with Crippen LogP contribution in [0.5, 0.6) is 0 Å². The summed E-state index contributed by atoms with van der Waals surface area (Å²) in [7, 11) is 0. The molecule has 1 atom stereocenters. The molecule has 2 N–H and O–H groups in total. The maximum absolute atomic E-state index is 12.8. The normalized spacial score (nSPS) is 31.6. The lowest BCUT2D eigenvalue weighted by molar-refractivity contribution is -0.139. The quantitative estimate of drug-likeness (QED) is 0.819. The minimum absolute atomic E-state index is 0.159. The van der Waals surface area contributed by atoms with Crippen LogP contribution in [-0.2, 0) is 9.59 Å². The fraction of sp³-hybridized carbons (Fsp3) is 0.900. The van der Waals surface area contributed by atoms with Crippen LogP contribution in [0.1, 0.15) is 71.1 Å². The zero-order chi connectivity index (χ0) is 17.6. The number of piperazine rings is 1. The predicted octanol–water partition coefficient (Wildman–Crippen LogP) is 2.45. The van der Waals surface area contributed by atoms with Crippen molar-refractivity contribution in [3.8, 4) is 0 Å². The molecule has 0 spiro atoms. The molecule has 0 aromatic heterocycles. The Morgan fingerprint density at radius 1 is 1.04 bits per heavy atom. The van der Waals surface area contributed by atoms with Crippen molar-refractivity contribution >= 4 is 11.8 Å². The first-order valence-electron chi connectivity index (χ1n) is 10.4. The lowest BCUT2D eigenvalue weighted by Crippen LogP contribution is -2.54. The van der Waals surface area contributed by atoms with E-state index in [1.807, 2.05) is 0 Å². The molecular formula is C20H35N3O2. The van der Waals surface area contributed by atoms with Gasteiger partial charge in [-0.1, -0.05) is 19.3 Å².